The van der Waals surface area contributed by atoms with E-state index in [4.69, 9.17) is 11.6 Å². The first-order valence-electron chi connectivity index (χ1n) is 6.70. The highest BCUT2D eigenvalue weighted by Gasteiger charge is 2.32. The molecule has 1 aromatic carbocycles. The van der Waals surface area contributed by atoms with E-state index in [2.05, 4.69) is 14.8 Å². The average molecular weight is 317 g/mol. The first-order valence-corrected chi connectivity index (χ1v) is 7.07. The van der Waals surface area contributed by atoms with Gasteiger partial charge in [-0.15, -0.1) is 0 Å². The number of amidine groups is 1. The summed E-state index contributed by atoms with van der Waals surface area (Å²) in [7, 11) is 3.79. The first-order chi connectivity index (χ1) is 10.5. The SMILES string of the molecule is CN(C)NC1=[N+]=C(C2=CC=[N+]=C2c2ccc(F)c(Cl)c2)C=C1. The molecule has 0 saturated heterocycles. The highest BCUT2D eigenvalue weighted by Crippen LogP contribution is 2.19. The molecular formula is C16H14ClFN4+2. The third kappa shape index (κ3) is 2.80. The maximum absolute atomic E-state index is 13.3. The van der Waals surface area contributed by atoms with Crippen LogP contribution < -0.4 is 14.8 Å². The normalized spacial score (nSPS) is 15.9. The van der Waals surface area contributed by atoms with Crippen molar-refractivity contribution in [2.24, 2.45) is 0 Å². The van der Waals surface area contributed by atoms with Crippen LogP contribution >= 0.6 is 11.6 Å². The second-order valence-corrected chi connectivity index (χ2v) is 5.47. The van der Waals surface area contributed by atoms with Crippen LogP contribution in [0.3, 0.4) is 0 Å². The van der Waals surface area contributed by atoms with E-state index in [-0.39, 0.29) is 5.02 Å². The minimum atomic E-state index is -0.442. The third-order valence-corrected chi connectivity index (χ3v) is 3.44. The maximum atomic E-state index is 13.3. The Balaban J connectivity index is 1.94. The second kappa shape index (κ2) is 5.76. The molecule has 1 N–H and O–H groups in total. The molecule has 0 amide bonds. The Morgan fingerprint density at radius 3 is 2.77 bits per heavy atom. The molecule has 0 saturated carbocycles. The number of nitrogens with zero attached hydrogens (tertiary/aromatic N) is 3. The molecule has 0 spiro atoms. The average Bonchev–Trinajstić information content (AvgIpc) is 3.09. The minimum Gasteiger partial charge on any atom is -0.205 e. The molecule has 2 aliphatic rings. The lowest BCUT2D eigenvalue weighted by atomic mass is 9.99. The molecule has 0 atom stereocenters. The maximum Gasteiger partial charge on any atom is 0.386 e. The summed E-state index contributed by atoms with van der Waals surface area (Å²) in [6.45, 7) is 0. The van der Waals surface area contributed by atoms with Crippen molar-refractivity contribution in [3.8, 4) is 0 Å². The molecule has 0 fully saturated rings. The fraction of sp³-hybridized carbons (Fsp3) is 0.125. The summed E-state index contributed by atoms with van der Waals surface area (Å²) in [4.78, 5) is 0. The van der Waals surface area contributed by atoms with Gasteiger partial charge in [0, 0.05) is 26.2 Å². The Bertz CT molecular complexity index is 836. The van der Waals surface area contributed by atoms with Gasteiger partial charge in [-0.25, -0.2) is 9.06 Å². The van der Waals surface area contributed by atoms with Crippen LogP contribution in [0.5, 0.6) is 0 Å². The Morgan fingerprint density at radius 1 is 1.23 bits per heavy atom. The first kappa shape index (κ1) is 14.5. The number of nitrogens with one attached hydrogen (secondary N) is 1. The van der Waals surface area contributed by atoms with Gasteiger partial charge < -0.3 is 0 Å². The van der Waals surface area contributed by atoms with Crippen molar-refractivity contribution in [3.05, 3.63) is 58.4 Å². The standard InChI is InChI=1S/C16H13ClFN4/c1-22(2)21-15-6-5-14(20-15)11-7-8-19-16(11)10-3-4-13(18)12(17)9-10/h3-9H,1-2H3/q+1/p+1. The van der Waals surface area contributed by atoms with Gasteiger partial charge in [-0.2, -0.15) is 10.4 Å². The molecule has 22 heavy (non-hydrogen) atoms. The van der Waals surface area contributed by atoms with Gasteiger partial charge in [0.15, 0.2) is 0 Å². The summed E-state index contributed by atoms with van der Waals surface area (Å²) < 4.78 is 22.2. The Kier molecular flexibility index (Phi) is 3.80. The number of benzene rings is 1. The van der Waals surface area contributed by atoms with Crippen LogP contribution in [0.25, 0.3) is 0 Å². The largest absolute Gasteiger partial charge is 0.386 e. The molecule has 2 heterocycles. The van der Waals surface area contributed by atoms with E-state index in [0.717, 1.165) is 28.4 Å². The third-order valence-electron chi connectivity index (χ3n) is 3.15. The van der Waals surface area contributed by atoms with E-state index < -0.39 is 5.82 Å². The molecule has 1 aromatic rings. The van der Waals surface area contributed by atoms with Gasteiger partial charge in [-0.05, 0) is 18.2 Å². The van der Waals surface area contributed by atoms with Crippen molar-refractivity contribution < 1.29 is 4.39 Å². The predicted molar refractivity (Wildman–Crippen MR) is 89.9 cm³/mol. The zero-order chi connectivity index (χ0) is 15.7. The zero-order valence-corrected chi connectivity index (χ0v) is 12.9. The fourth-order valence-corrected chi connectivity index (χ4v) is 2.40. The molecule has 0 bridgehead atoms. The lowest BCUT2D eigenvalue weighted by Crippen LogP contribution is -2.35. The molecule has 0 aliphatic carbocycles. The number of hydrogen-bond acceptors (Lipinski definition) is 2. The van der Waals surface area contributed by atoms with Crippen molar-refractivity contribution in [1.82, 2.24) is 19.8 Å². The monoisotopic (exact) mass is 316 g/mol. The lowest BCUT2D eigenvalue weighted by molar-refractivity contribution is 0.363. The number of hydrogen-bond donors (Lipinski definition) is 1. The summed E-state index contributed by atoms with van der Waals surface area (Å²) in [5.74, 6) is 0.312. The highest BCUT2D eigenvalue weighted by atomic mass is 35.5. The van der Waals surface area contributed by atoms with Crippen molar-refractivity contribution in [2.45, 2.75) is 0 Å². The van der Waals surface area contributed by atoms with E-state index in [9.17, 15) is 4.39 Å². The van der Waals surface area contributed by atoms with Crippen LogP contribution in [0.15, 0.2) is 42.0 Å². The highest BCUT2D eigenvalue weighted by molar-refractivity contribution is 6.38. The topological polar surface area (TPSA) is 43.5 Å². The molecule has 0 unspecified atom stereocenters. The summed E-state index contributed by atoms with van der Waals surface area (Å²) >= 11 is 5.86. The van der Waals surface area contributed by atoms with Crippen LogP contribution in [0.2, 0.25) is 5.02 Å². The van der Waals surface area contributed by atoms with E-state index in [0.29, 0.717) is 0 Å². The Morgan fingerprint density at radius 2 is 2.05 bits per heavy atom. The smallest absolute Gasteiger partial charge is 0.205 e. The molecule has 110 valence electrons. The van der Waals surface area contributed by atoms with Gasteiger partial charge in [0.2, 0.25) is 5.71 Å². The quantitative estimate of drug-likeness (QED) is 0.665. The van der Waals surface area contributed by atoms with Crippen molar-refractivity contribution >= 4 is 35.1 Å². The number of rotatable bonds is 3. The minimum absolute atomic E-state index is 0.0804. The van der Waals surface area contributed by atoms with Gasteiger partial charge in [0.1, 0.15) is 11.4 Å². The molecule has 4 nitrogen and oxygen atoms in total. The van der Waals surface area contributed by atoms with E-state index in [1.54, 1.807) is 18.3 Å². The van der Waals surface area contributed by atoms with Crippen LogP contribution in [-0.2, 0) is 0 Å². The fourth-order valence-electron chi connectivity index (χ4n) is 2.22. The molecule has 2 aliphatic heterocycles. The van der Waals surface area contributed by atoms with Gasteiger partial charge in [0.05, 0.1) is 16.7 Å². The number of hydrazine groups is 1. The Labute approximate surface area is 132 Å². The van der Waals surface area contributed by atoms with E-state index in [1.807, 2.05) is 37.3 Å². The molecule has 3 rings (SSSR count). The van der Waals surface area contributed by atoms with Gasteiger partial charge >= 0.3 is 11.5 Å². The van der Waals surface area contributed by atoms with E-state index in [1.165, 1.54) is 6.07 Å². The molecular weight excluding hydrogens is 303 g/mol. The number of allylic oxidation sites excluding steroid dienone is 3. The summed E-state index contributed by atoms with van der Waals surface area (Å²) in [5.41, 5.74) is 6.27. The second-order valence-electron chi connectivity index (χ2n) is 5.06. The van der Waals surface area contributed by atoms with Crippen molar-refractivity contribution in [2.75, 3.05) is 14.1 Å². The van der Waals surface area contributed by atoms with Gasteiger partial charge in [-0.1, -0.05) is 16.3 Å². The summed E-state index contributed by atoms with van der Waals surface area (Å²) in [6, 6.07) is 4.58. The molecule has 6 heteroatoms. The van der Waals surface area contributed by atoms with Crippen LogP contribution in [0.4, 0.5) is 4.39 Å². The van der Waals surface area contributed by atoms with E-state index >= 15 is 0 Å². The van der Waals surface area contributed by atoms with Crippen molar-refractivity contribution in [3.63, 3.8) is 0 Å². The van der Waals surface area contributed by atoms with Crippen LogP contribution in [-0.4, -0.2) is 42.6 Å². The number of halogens is 2. The van der Waals surface area contributed by atoms with Crippen LogP contribution in [0, 0.1) is 5.82 Å². The van der Waals surface area contributed by atoms with Gasteiger partial charge in [-0.3, -0.25) is 0 Å². The summed E-state index contributed by atoms with van der Waals surface area (Å²) in [6.07, 6.45) is 7.39. The summed E-state index contributed by atoms with van der Waals surface area (Å²) in [5, 5.41) is 1.90. The van der Waals surface area contributed by atoms with Crippen molar-refractivity contribution in [1.29, 1.82) is 0 Å². The predicted octanol–water partition coefficient (Wildman–Crippen LogP) is 0.889. The van der Waals surface area contributed by atoms with Gasteiger partial charge in [0.25, 0.3) is 6.21 Å². The zero-order valence-electron chi connectivity index (χ0n) is 12.1. The lowest BCUT2D eigenvalue weighted by Gasteiger charge is -2.00. The molecule has 0 aromatic heterocycles. The molecule has 0 radical (unpaired) electrons. The Hall–Kier alpha value is -2.42. The van der Waals surface area contributed by atoms with Crippen LogP contribution in [0.1, 0.15) is 5.56 Å².